The summed E-state index contributed by atoms with van der Waals surface area (Å²) in [5.74, 6) is -0.987. The molecule has 0 fully saturated rings. The van der Waals surface area contributed by atoms with E-state index in [1.807, 2.05) is 0 Å². The Morgan fingerprint density at radius 2 is 1.64 bits per heavy atom. The van der Waals surface area contributed by atoms with Crippen LogP contribution in [-0.4, -0.2) is 17.5 Å². The van der Waals surface area contributed by atoms with E-state index in [9.17, 15) is 9.59 Å². The Morgan fingerprint density at radius 3 is 2.23 bits per heavy atom. The van der Waals surface area contributed by atoms with Gasteiger partial charge in [0.25, 0.3) is 6.47 Å². The summed E-state index contributed by atoms with van der Waals surface area (Å²) < 4.78 is 4.69. The van der Waals surface area contributed by atoms with E-state index in [-0.39, 0.29) is 29.2 Å². The number of anilines is 2. The van der Waals surface area contributed by atoms with E-state index in [0.29, 0.717) is 11.4 Å². The fourth-order valence-electron chi connectivity index (χ4n) is 1.65. The second-order valence-corrected chi connectivity index (χ2v) is 4.21. The minimum absolute atomic E-state index is 0.0567. The molecule has 8 nitrogen and oxygen atoms in total. The lowest BCUT2D eigenvalue weighted by Gasteiger charge is -2.03. The summed E-state index contributed by atoms with van der Waals surface area (Å²) >= 11 is 0. The highest BCUT2D eigenvalue weighted by Gasteiger charge is 2.08. The quantitative estimate of drug-likeness (QED) is 0.440. The number of nitrogens with zero attached hydrogens (tertiary/aromatic N) is 2. The second kappa shape index (κ2) is 6.35. The van der Waals surface area contributed by atoms with Crippen LogP contribution in [-0.2, 0) is 4.79 Å². The van der Waals surface area contributed by atoms with E-state index >= 15 is 0 Å². The molecule has 0 aliphatic carbocycles. The zero-order chi connectivity index (χ0) is 16.1. The Hall–Kier alpha value is -3.42. The van der Waals surface area contributed by atoms with E-state index in [4.69, 9.17) is 21.3 Å². The summed E-state index contributed by atoms with van der Waals surface area (Å²) in [4.78, 5) is 21.3. The van der Waals surface area contributed by atoms with Crippen molar-refractivity contribution in [3.05, 3.63) is 42.0 Å². The number of aromatic carboxylic acids is 1. The molecule has 0 saturated carbocycles. The number of nitrogen functional groups attached to an aromatic ring is 2. The standard InChI is InChI=1S/C14H12N4O4/c15-11-3-1-8(5-10(11)14(20)21)17-18-9-2-4-12(16)13(6-9)22-7-19/h1-7H,15-16H2,(H,20,21). The highest BCUT2D eigenvalue weighted by atomic mass is 16.5. The van der Waals surface area contributed by atoms with Crippen LogP contribution in [0.1, 0.15) is 10.4 Å². The number of benzene rings is 2. The summed E-state index contributed by atoms with van der Waals surface area (Å²) in [5, 5.41) is 16.8. The van der Waals surface area contributed by atoms with Gasteiger partial charge in [-0.3, -0.25) is 4.79 Å². The van der Waals surface area contributed by atoms with Crippen LogP contribution in [0.2, 0.25) is 0 Å². The number of ether oxygens (including phenoxy) is 1. The van der Waals surface area contributed by atoms with Crippen molar-refractivity contribution in [2.75, 3.05) is 11.5 Å². The topological polar surface area (TPSA) is 140 Å². The average Bonchev–Trinajstić information content (AvgIpc) is 2.49. The molecule has 2 aromatic carbocycles. The largest absolute Gasteiger partial charge is 0.478 e. The molecule has 0 aromatic heterocycles. The highest BCUT2D eigenvalue weighted by molar-refractivity contribution is 5.94. The summed E-state index contributed by atoms with van der Waals surface area (Å²) in [7, 11) is 0. The van der Waals surface area contributed by atoms with Crippen molar-refractivity contribution in [1.82, 2.24) is 0 Å². The SMILES string of the molecule is Nc1ccc(N=Nc2ccc(N)c(C(=O)O)c2)cc1OC=O. The van der Waals surface area contributed by atoms with E-state index in [0.717, 1.165) is 0 Å². The van der Waals surface area contributed by atoms with Crippen LogP contribution in [0.4, 0.5) is 22.7 Å². The Kier molecular flexibility index (Phi) is 4.33. The molecular formula is C14H12N4O4. The minimum Gasteiger partial charge on any atom is -0.478 e. The molecule has 0 atom stereocenters. The number of carbonyl (C=O) groups is 2. The van der Waals surface area contributed by atoms with Gasteiger partial charge >= 0.3 is 5.97 Å². The third kappa shape index (κ3) is 3.37. The molecule has 0 radical (unpaired) electrons. The zero-order valence-corrected chi connectivity index (χ0v) is 11.3. The summed E-state index contributed by atoms with van der Waals surface area (Å²) in [5.41, 5.74) is 12.2. The molecule has 0 saturated heterocycles. The Balaban J connectivity index is 2.29. The van der Waals surface area contributed by atoms with Crippen molar-refractivity contribution >= 4 is 35.2 Å². The lowest BCUT2D eigenvalue weighted by atomic mass is 10.1. The molecule has 8 heteroatoms. The molecule has 112 valence electrons. The minimum atomic E-state index is -1.15. The molecule has 5 N–H and O–H groups in total. The molecule has 0 unspecified atom stereocenters. The first-order valence-corrected chi connectivity index (χ1v) is 6.05. The number of carboxylic acids is 1. The fourth-order valence-corrected chi connectivity index (χ4v) is 1.65. The Labute approximate surface area is 125 Å². The van der Waals surface area contributed by atoms with Gasteiger partial charge in [-0.15, -0.1) is 0 Å². The lowest BCUT2D eigenvalue weighted by molar-refractivity contribution is -0.120. The van der Waals surface area contributed by atoms with Crippen molar-refractivity contribution in [2.24, 2.45) is 10.2 Å². The van der Waals surface area contributed by atoms with Gasteiger partial charge in [0.05, 0.1) is 22.6 Å². The predicted octanol–water partition coefficient (Wildman–Crippen LogP) is 2.50. The van der Waals surface area contributed by atoms with Gasteiger partial charge in [-0.1, -0.05) is 0 Å². The molecule has 0 aliphatic heterocycles. The van der Waals surface area contributed by atoms with Crippen molar-refractivity contribution in [1.29, 1.82) is 0 Å². The van der Waals surface area contributed by atoms with E-state index in [2.05, 4.69) is 10.2 Å². The number of hydrogen-bond donors (Lipinski definition) is 3. The molecule has 2 aromatic rings. The van der Waals surface area contributed by atoms with Crippen LogP contribution in [0, 0.1) is 0 Å². The monoisotopic (exact) mass is 300 g/mol. The number of azo groups is 1. The number of hydrogen-bond acceptors (Lipinski definition) is 7. The highest BCUT2D eigenvalue weighted by Crippen LogP contribution is 2.28. The molecular weight excluding hydrogens is 288 g/mol. The fraction of sp³-hybridized carbons (Fsp3) is 0. The van der Waals surface area contributed by atoms with Crippen LogP contribution in [0.3, 0.4) is 0 Å². The van der Waals surface area contributed by atoms with Crippen LogP contribution in [0.5, 0.6) is 5.75 Å². The smallest absolute Gasteiger partial charge is 0.337 e. The number of carboxylic acid groups (broad SMARTS) is 1. The molecule has 0 aliphatic rings. The van der Waals surface area contributed by atoms with Crippen LogP contribution >= 0.6 is 0 Å². The van der Waals surface area contributed by atoms with Gasteiger partial charge in [0.2, 0.25) is 0 Å². The van der Waals surface area contributed by atoms with Crippen LogP contribution in [0.15, 0.2) is 46.6 Å². The number of nitrogens with two attached hydrogens (primary N) is 2. The van der Waals surface area contributed by atoms with Crippen LogP contribution < -0.4 is 16.2 Å². The van der Waals surface area contributed by atoms with E-state index in [1.165, 1.54) is 30.3 Å². The maximum Gasteiger partial charge on any atom is 0.337 e. The van der Waals surface area contributed by atoms with Gasteiger partial charge in [0, 0.05) is 11.8 Å². The predicted molar refractivity (Wildman–Crippen MR) is 79.5 cm³/mol. The molecule has 22 heavy (non-hydrogen) atoms. The van der Waals surface area contributed by atoms with Gasteiger partial charge < -0.3 is 21.3 Å². The molecule has 0 heterocycles. The van der Waals surface area contributed by atoms with E-state index < -0.39 is 5.97 Å². The summed E-state index contributed by atoms with van der Waals surface area (Å²) in [6.45, 7) is 0.256. The van der Waals surface area contributed by atoms with Gasteiger partial charge in [-0.25, -0.2) is 4.79 Å². The average molecular weight is 300 g/mol. The first-order chi connectivity index (χ1) is 10.5. The van der Waals surface area contributed by atoms with Crippen molar-refractivity contribution in [3.8, 4) is 5.75 Å². The molecule has 0 bridgehead atoms. The second-order valence-electron chi connectivity index (χ2n) is 4.21. The molecule has 0 spiro atoms. The Bertz CT molecular complexity index is 759. The third-order valence-electron chi connectivity index (χ3n) is 2.72. The summed E-state index contributed by atoms with van der Waals surface area (Å²) in [6.07, 6.45) is 0. The zero-order valence-electron chi connectivity index (χ0n) is 11.3. The van der Waals surface area contributed by atoms with E-state index in [1.54, 1.807) is 6.07 Å². The van der Waals surface area contributed by atoms with Gasteiger partial charge in [-0.2, -0.15) is 10.2 Å². The maximum atomic E-state index is 11.0. The maximum absolute atomic E-state index is 11.0. The normalized spacial score (nSPS) is 10.5. The van der Waals surface area contributed by atoms with Crippen molar-refractivity contribution in [2.45, 2.75) is 0 Å². The van der Waals surface area contributed by atoms with Crippen molar-refractivity contribution in [3.63, 3.8) is 0 Å². The molecule has 0 amide bonds. The van der Waals surface area contributed by atoms with Crippen molar-refractivity contribution < 1.29 is 19.4 Å². The number of rotatable bonds is 5. The summed E-state index contributed by atoms with van der Waals surface area (Å²) in [6, 6.07) is 8.79. The first-order valence-electron chi connectivity index (χ1n) is 6.05. The Morgan fingerprint density at radius 1 is 1.05 bits per heavy atom. The first kappa shape index (κ1) is 15.0. The third-order valence-corrected chi connectivity index (χ3v) is 2.72. The van der Waals surface area contributed by atoms with Crippen LogP contribution in [0.25, 0.3) is 0 Å². The van der Waals surface area contributed by atoms with Gasteiger partial charge in [-0.05, 0) is 30.3 Å². The molecule has 2 rings (SSSR count). The number of carbonyl (C=O) groups excluding carboxylic acids is 1. The lowest BCUT2D eigenvalue weighted by Crippen LogP contribution is -2.01. The van der Waals surface area contributed by atoms with Gasteiger partial charge in [0.1, 0.15) is 0 Å². The van der Waals surface area contributed by atoms with Gasteiger partial charge in [0.15, 0.2) is 5.75 Å².